The molecule has 1 heterocycles. The highest BCUT2D eigenvalue weighted by molar-refractivity contribution is 9.10. The highest BCUT2D eigenvalue weighted by Gasteiger charge is 2.22. The molecule has 0 bridgehead atoms. The lowest BCUT2D eigenvalue weighted by Gasteiger charge is -2.29. The molecule has 3 rings (SSSR count). The Morgan fingerprint density at radius 1 is 1.13 bits per heavy atom. The first kappa shape index (κ1) is 30.8. The number of nitrogens with zero attached hydrogens (tertiary/aromatic N) is 2. The van der Waals surface area contributed by atoms with Gasteiger partial charge in [0.1, 0.15) is 11.6 Å². The Bertz CT molecular complexity index is 1280. The number of nitrogens with two attached hydrogens (primary N) is 1. The number of carbonyl (C=O) groups excluding carboxylic acids is 1. The molecule has 3 aromatic rings. The van der Waals surface area contributed by atoms with Gasteiger partial charge in [-0.05, 0) is 105 Å². The van der Waals surface area contributed by atoms with Gasteiger partial charge in [-0.25, -0.2) is 9.37 Å². The van der Waals surface area contributed by atoms with Gasteiger partial charge < -0.3 is 26.2 Å². The molecule has 0 aliphatic heterocycles. The smallest absolute Gasteiger partial charge is 0.253 e. The van der Waals surface area contributed by atoms with Gasteiger partial charge in [-0.15, -0.1) is 0 Å². The van der Waals surface area contributed by atoms with Crippen LogP contribution in [0.15, 0.2) is 58.0 Å². The molecule has 0 aliphatic rings. The molecule has 0 saturated heterocycles. The quantitative estimate of drug-likeness (QED) is 0.139. The predicted molar refractivity (Wildman–Crippen MR) is 157 cm³/mol. The standard InChI is InChI=1S/C27H34BrFN6O3S/c1-26(2,13-15-38-27(3,4)12-14-36)35-39-18-10-8-17(9-11-18)32-25-31-16-19(28)24(34-25)33-21-7-5-6-20(29)22(21)23(30)37/h5-11,16,35-36H,12-15H2,1-4H3,(H2,30,37)(H2,31,32,33,34). The number of nitrogens with one attached hydrogen (secondary N) is 3. The maximum absolute atomic E-state index is 14.1. The van der Waals surface area contributed by atoms with Gasteiger partial charge in [0, 0.05) is 35.5 Å². The molecule has 2 aromatic carbocycles. The van der Waals surface area contributed by atoms with E-state index in [4.69, 9.17) is 15.6 Å². The number of carbonyl (C=O) groups is 1. The van der Waals surface area contributed by atoms with E-state index in [1.54, 1.807) is 12.3 Å². The van der Waals surface area contributed by atoms with Crippen molar-refractivity contribution in [1.29, 1.82) is 0 Å². The van der Waals surface area contributed by atoms with Crippen LogP contribution < -0.4 is 21.1 Å². The molecular formula is C27H34BrFN6O3S. The van der Waals surface area contributed by atoms with Gasteiger partial charge in [0.15, 0.2) is 0 Å². The fourth-order valence-electron chi connectivity index (χ4n) is 3.43. The molecule has 0 unspecified atom stereocenters. The van der Waals surface area contributed by atoms with Crippen molar-refractivity contribution in [1.82, 2.24) is 14.7 Å². The molecule has 0 spiro atoms. The minimum atomic E-state index is -0.884. The summed E-state index contributed by atoms with van der Waals surface area (Å²) in [7, 11) is 0. The minimum absolute atomic E-state index is 0.105. The molecule has 6 N–H and O–H groups in total. The summed E-state index contributed by atoms with van der Waals surface area (Å²) in [6.45, 7) is 8.89. The van der Waals surface area contributed by atoms with Crippen molar-refractivity contribution < 1.29 is 19.0 Å². The topological polar surface area (TPSA) is 134 Å². The third-order valence-electron chi connectivity index (χ3n) is 5.75. The van der Waals surface area contributed by atoms with E-state index in [-0.39, 0.29) is 29.0 Å². The number of aliphatic hydroxyl groups is 1. The van der Waals surface area contributed by atoms with Crippen molar-refractivity contribution in [2.45, 2.75) is 56.6 Å². The highest BCUT2D eigenvalue weighted by atomic mass is 79.9. The molecule has 0 fully saturated rings. The molecule has 9 nitrogen and oxygen atoms in total. The number of rotatable bonds is 14. The van der Waals surface area contributed by atoms with Crippen LogP contribution in [0, 0.1) is 5.82 Å². The number of ether oxygens (including phenoxy) is 1. The van der Waals surface area contributed by atoms with Crippen molar-refractivity contribution in [3.63, 3.8) is 0 Å². The lowest BCUT2D eigenvalue weighted by atomic mass is 10.0. The van der Waals surface area contributed by atoms with Gasteiger partial charge >= 0.3 is 0 Å². The molecule has 0 radical (unpaired) electrons. The summed E-state index contributed by atoms with van der Waals surface area (Å²) in [6, 6.07) is 12.0. The van der Waals surface area contributed by atoms with E-state index in [1.807, 2.05) is 38.1 Å². The fraction of sp³-hybridized carbons (Fsp3) is 0.370. The lowest BCUT2D eigenvalue weighted by Crippen LogP contribution is -2.37. The average molecular weight is 622 g/mol. The monoisotopic (exact) mass is 620 g/mol. The van der Waals surface area contributed by atoms with E-state index in [9.17, 15) is 9.18 Å². The summed E-state index contributed by atoms with van der Waals surface area (Å²) >= 11 is 4.91. The number of hydrogen-bond donors (Lipinski definition) is 5. The zero-order valence-electron chi connectivity index (χ0n) is 22.3. The molecule has 0 atom stereocenters. The van der Waals surface area contributed by atoms with Crippen molar-refractivity contribution in [2.75, 3.05) is 23.8 Å². The van der Waals surface area contributed by atoms with E-state index in [1.165, 1.54) is 24.1 Å². The number of benzene rings is 2. The van der Waals surface area contributed by atoms with Crippen LogP contribution in [0.1, 0.15) is 50.9 Å². The second kappa shape index (κ2) is 13.5. The van der Waals surface area contributed by atoms with Crippen molar-refractivity contribution in [3.05, 3.63) is 64.5 Å². The second-order valence-electron chi connectivity index (χ2n) is 10.1. The number of amides is 1. The number of primary amides is 1. The Kier molecular flexibility index (Phi) is 10.7. The van der Waals surface area contributed by atoms with Crippen LogP contribution in [0.25, 0.3) is 0 Å². The van der Waals surface area contributed by atoms with Crippen molar-refractivity contribution >= 4 is 56.9 Å². The summed E-state index contributed by atoms with van der Waals surface area (Å²) in [5.74, 6) is -0.961. The van der Waals surface area contributed by atoms with Crippen LogP contribution in [-0.2, 0) is 4.74 Å². The van der Waals surface area contributed by atoms with Crippen LogP contribution >= 0.6 is 27.9 Å². The Morgan fingerprint density at radius 3 is 2.51 bits per heavy atom. The summed E-state index contributed by atoms with van der Waals surface area (Å²) in [5, 5.41) is 15.2. The number of aliphatic hydroxyl groups excluding tert-OH is 1. The second-order valence-corrected chi connectivity index (χ2v) is 11.8. The summed E-state index contributed by atoms with van der Waals surface area (Å²) in [4.78, 5) is 21.5. The third kappa shape index (κ3) is 9.43. The molecule has 12 heteroatoms. The van der Waals surface area contributed by atoms with Gasteiger partial charge in [0.05, 0.1) is 21.3 Å². The maximum atomic E-state index is 14.1. The number of aromatic nitrogens is 2. The van der Waals surface area contributed by atoms with Crippen molar-refractivity contribution in [3.8, 4) is 0 Å². The van der Waals surface area contributed by atoms with Crippen LogP contribution in [0.4, 0.5) is 27.5 Å². The van der Waals surface area contributed by atoms with Gasteiger partial charge in [0.2, 0.25) is 5.95 Å². The molecule has 1 aromatic heterocycles. The minimum Gasteiger partial charge on any atom is -0.396 e. The van der Waals surface area contributed by atoms with Gasteiger partial charge in [-0.2, -0.15) is 4.98 Å². The first-order chi connectivity index (χ1) is 18.4. The van der Waals surface area contributed by atoms with Gasteiger partial charge in [-0.1, -0.05) is 6.07 Å². The Balaban J connectivity index is 1.59. The molecule has 0 saturated carbocycles. The van der Waals surface area contributed by atoms with E-state index in [0.29, 0.717) is 29.3 Å². The number of hydrogen-bond acceptors (Lipinski definition) is 9. The van der Waals surface area contributed by atoms with Crippen LogP contribution in [0.2, 0.25) is 0 Å². The Labute approximate surface area is 240 Å². The summed E-state index contributed by atoms with van der Waals surface area (Å²) in [5.41, 5.74) is 5.56. The Hall–Kier alpha value is -2.77. The first-order valence-electron chi connectivity index (χ1n) is 12.3. The van der Waals surface area contributed by atoms with Crippen LogP contribution in [0.5, 0.6) is 0 Å². The van der Waals surface area contributed by atoms with E-state index in [0.717, 1.165) is 17.0 Å². The average Bonchev–Trinajstić information content (AvgIpc) is 2.85. The highest BCUT2D eigenvalue weighted by Crippen LogP contribution is 2.29. The van der Waals surface area contributed by atoms with Crippen LogP contribution in [-0.4, -0.2) is 45.3 Å². The summed E-state index contributed by atoms with van der Waals surface area (Å²) in [6.07, 6.45) is 2.95. The number of anilines is 4. The third-order valence-corrected chi connectivity index (χ3v) is 7.49. The Morgan fingerprint density at radius 2 is 1.85 bits per heavy atom. The summed E-state index contributed by atoms with van der Waals surface area (Å²) < 4.78 is 24.1. The van der Waals surface area contributed by atoms with E-state index >= 15 is 0 Å². The van der Waals surface area contributed by atoms with E-state index in [2.05, 4.69) is 55.1 Å². The van der Waals surface area contributed by atoms with Crippen molar-refractivity contribution in [2.24, 2.45) is 5.73 Å². The SMILES string of the molecule is CC(C)(CCOC(C)(C)CCO)NSc1ccc(Nc2ncc(Br)c(Nc3cccc(F)c3C(N)=O)n2)cc1. The molecule has 0 aliphatic carbocycles. The zero-order chi connectivity index (χ0) is 28.6. The number of halogens is 2. The van der Waals surface area contributed by atoms with Crippen LogP contribution in [0.3, 0.4) is 0 Å². The van der Waals surface area contributed by atoms with E-state index < -0.39 is 11.7 Å². The normalized spacial score (nSPS) is 11.9. The van der Waals surface area contributed by atoms with Gasteiger partial charge in [-0.3, -0.25) is 9.52 Å². The zero-order valence-corrected chi connectivity index (χ0v) is 24.7. The predicted octanol–water partition coefficient (Wildman–Crippen LogP) is 5.91. The largest absolute Gasteiger partial charge is 0.396 e. The lowest BCUT2D eigenvalue weighted by molar-refractivity contribution is -0.0382. The maximum Gasteiger partial charge on any atom is 0.253 e. The molecule has 1 amide bonds. The fourth-order valence-corrected chi connectivity index (χ4v) is 4.49. The van der Waals surface area contributed by atoms with Gasteiger partial charge in [0.25, 0.3) is 5.91 Å². The molecule has 39 heavy (non-hydrogen) atoms. The first-order valence-corrected chi connectivity index (χ1v) is 13.9. The molecular weight excluding hydrogens is 587 g/mol. The molecule has 210 valence electrons.